The zero-order chi connectivity index (χ0) is 15.6. The van der Waals surface area contributed by atoms with Crippen LogP contribution in [0.25, 0.3) is 0 Å². The predicted octanol–water partition coefficient (Wildman–Crippen LogP) is 1.50. The average Bonchev–Trinajstić information content (AvgIpc) is 2.58. The fourth-order valence-corrected chi connectivity index (χ4v) is 2.94. The zero-order valence-electron chi connectivity index (χ0n) is 13.5. The van der Waals surface area contributed by atoms with Gasteiger partial charge in [-0.3, -0.25) is 4.79 Å². The molecule has 1 unspecified atom stereocenters. The summed E-state index contributed by atoms with van der Waals surface area (Å²) in [6, 6.07) is 6.05. The Balaban J connectivity index is 2.26. The van der Waals surface area contributed by atoms with E-state index >= 15 is 0 Å². The minimum Gasteiger partial charge on any atom is -0.397 e. The van der Waals surface area contributed by atoms with Gasteiger partial charge >= 0.3 is 0 Å². The number of hydrogen-bond acceptors (Lipinski definition) is 4. The van der Waals surface area contributed by atoms with Crippen molar-refractivity contribution in [2.45, 2.75) is 19.4 Å². The number of benzene rings is 1. The molecule has 0 spiro atoms. The van der Waals surface area contributed by atoms with Gasteiger partial charge in [0.15, 0.2) is 0 Å². The number of nitrogens with zero attached hydrogens (tertiary/aromatic N) is 3. The quantitative estimate of drug-likeness (QED) is 0.839. The lowest BCUT2D eigenvalue weighted by atomic mass is 10.1. The number of carbonyl (C=O) groups excluding carboxylic acids is 1. The van der Waals surface area contributed by atoms with E-state index in [9.17, 15) is 4.79 Å². The highest BCUT2D eigenvalue weighted by atomic mass is 16.2. The molecule has 1 aromatic rings. The molecule has 2 rings (SSSR count). The average molecular weight is 290 g/mol. The van der Waals surface area contributed by atoms with Crippen LogP contribution in [0.4, 0.5) is 11.4 Å². The SMILES string of the molecule is CC1CN(C)CCCN1c1ccc(C(=O)N(C)C)cc1N. The summed E-state index contributed by atoms with van der Waals surface area (Å²) in [7, 11) is 5.65. The lowest BCUT2D eigenvalue weighted by Gasteiger charge is -2.31. The van der Waals surface area contributed by atoms with Gasteiger partial charge in [-0.1, -0.05) is 0 Å². The van der Waals surface area contributed by atoms with Crippen molar-refractivity contribution in [2.24, 2.45) is 0 Å². The smallest absolute Gasteiger partial charge is 0.253 e. The van der Waals surface area contributed by atoms with Gasteiger partial charge in [0, 0.05) is 38.8 Å². The van der Waals surface area contributed by atoms with Crippen LogP contribution in [0.2, 0.25) is 0 Å². The van der Waals surface area contributed by atoms with Crippen molar-refractivity contribution >= 4 is 17.3 Å². The first kappa shape index (κ1) is 15.6. The van der Waals surface area contributed by atoms with Crippen molar-refractivity contribution in [3.05, 3.63) is 23.8 Å². The van der Waals surface area contributed by atoms with Gasteiger partial charge in [-0.25, -0.2) is 0 Å². The Hall–Kier alpha value is -1.75. The van der Waals surface area contributed by atoms with Crippen LogP contribution in [-0.2, 0) is 0 Å². The van der Waals surface area contributed by atoms with Crippen LogP contribution in [0, 0.1) is 0 Å². The molecule has 1 aromatic carbocycles. The Morgan fingerprint density at radius 3 is 2.67 bits per heavy atom. The van der Waals surface area contributed by atoms with Crippen LogP contribution < -0.4 is 10.6 Å². The molecule has 5 heteroatoms. The summed E-state index contributed by atoms with van der Waals surface area (Å²) < 4.78 is 0. The van der Waals surface area contributed by atoms with Crippen LogP contribution in [0.1, 0.15) is 23.7 Å². The lowest BCUT2D eigenvalue weighted by Crippen LogP contribution is -2.38. The van der Waals surface area contributed by atoms with Gasteiger partial charge in [-0.15, -0.1) is 0 Å². The third-order valence-corrected chi connectivity index (χ3v) is 4.04. The second-order valence-electron chi connectivity index (χ2n) is 6.13. The largest absolute Gasteiger partial charge is 0.397 e. The molecule has 0 radical (unpaired) electrons. The maximum atomic E-state index is 12.0. The van der Waals surface area contributed by atoms with E-state index in [1.165, 1.54) is 0 Å². The molecule has 1 fully saturated rings. The Bertz CT molecular complexity index is 515. The standard InChI is InChI=1S/C16H26N4O/c1-12-11-19(4)8-5-9-20(12)15-7-6-13(10-14(15)17)16(21)18(2)3/h6-7,10,12H,5,8-9,11,17H2,1-4H3. The van der Waals surface area contributed by atoms with Crippen LogP contribution in [0.3, 0.4) is 0 Å². The van der Waals surface area contributed by atoms with Crippen molar-refractivity contribution in [1.29, 1.82) is 0 Å². The Morgan fingerprint density at radius 1 is 1.33 bits per heavy atom. The molecule has 1 aliphatic rings. The second-order valence-corrected chi connectivity index (χ2v) is 6.13. The molecule has 5 nitrogen and oxygen atoms in total. The fraction of sp³-hybridized carbons (Fsp3) is 0.562. The van der Waals surface area contributed by atoms with Crippen LogP contribution in [-0.4, -0.2) is 62.5 Å². The molecule has 0 bridgehead atoms. The molecular formula is C16H26N4O. The van der Waals surface area contributed by atoms with E-state index in [2.05, 4.69) is 23.8 Å². The third kappa shape index (κ3) is 3.47. The first-order chi connectivity index (χ1) is 9.90. The zero-order valence-corrected chi connectivity index (χ0v) is 13.5. The van der Waals surface area contributed by atoms with Crippen molar-refractivity contribution in [3.8, 4) is 0 Å². The van der Waals surface area contributed by atoms with Gasteiger partial charge in [0.2, 0.25) is 0 Å². The van der Waals surface area contributed by atoms with E-state index in [1.807, 2.05) is 12.1 Å². The van der Waals surface area contributed by atoms with Crippen molar-refractivity contribution < 1.29 is 4.79 Å². The minimum absolute atomic E-state index is 0.0168. The van der Waals surface area contributed by atoms with E-state index in [0.717, 1.165) is 31.7 Å². The molecule has 1 aliphatic heterocycles. The molecule has 1 heterocycles. The van der Waals surface area contributed by atoms with Crippen molar-refractivity contribution in [1.82, 2.24) is 9.80 Å². The highest BCUT2D eigenvalue weighted by molar-refractivity contribution is 5.95. The first-order valence-corrected chi connectivity index (χ1v) is 7.46. The number of nitrogens with two attached hydrogens (primary N) is 1. The number of carbonyl (C=O) groups is 1. The molecule has 21 heavy (non-hydrogen) atoms. The second kappa shape index (κ2) is 6.35. The molecule has 0 aromatic heterocycles. The van der Waals surface area contributed by atoms with Gasteiger partial charge in [-0.2, -0.15) is 0 Å². The van der Waals surface area contributed by atoms with Crippen molar-refractivity contribution in [2.75, 3.05) is 51.4 Å². The molecular weight excluding hydrogens is 264 g/mol. The third-order valence-electron chi connectivity index (χ3n) is 4.04. The van der Waals surface area contributed by atoms with Gasteiger partial charge in [0.25, 0.3) is 5.91 Å². The summed E-state index contributed by atoms with van der Waals surface area (Å²) in [6.07, 6.45) is 1.12. The topological polar surface area (TPSA) is 52.8 Å². The van der Waals surface area contributed by atoms with Crippen molar-refractivity contribution in [3.63, 3.8) is 0 Å². The number of likely N-dealkylation sites (N-methyl/N-ethyl adjacent to an activating group) is 1. The summed E-state index contributed by atoms with van der Waals surface area (Å²) in [5.74, 6) is -0.0168. The predicted molar refractivity (Wildman–Crippen MR) is 87.8 cm³/mol. The summed E-state index contributed by atoms with van der Waals surface area (Å²) in [6.45, 7) is 5.35. The Labute approximate surface area is 127 Å². The van der Waals surface area contributed by atoms with Gasteiger partial charge < -0.3 is 20.4 Å². The first-order valence-electron chi connectivity index (χ1n) is 7.46. The summed E-state index contributed by atoms with van der Waals surface area (Å²) in [5.41, 5.74) is 8.57. The highest BCUT2D eigenvalue weighted by Gasteiger charge is 2.22. The van der Waals surface area contributed by atoms with Crippen LogP contribution >= 0.6 is 0 Å². The monoisotopic (exact) mass is 290 g/mol. The molecule has 1 amide bonds. The molecule has 0 aliphatic carbocycles. The van der Waals surface area contributed by atoms with E-state index in [-0.39, 0.29) is 5.91 Å². The van der Waals surface area contributed by atoms with E-state index < -0.39 is 0 Å². The minimum atomic E-state index is -0.0168. The van der Waals surface area contributed by atoms with Gasteiger partial charge in [0.1, 0.15) is 0 Å². The van der Waals surface area contributed by atoms with E-state index in [1.54, 1.807) is 25.1 Å². The van der Waals surface area contributed by atoms with Crippen LogP contribution in [0.5, 0.6) is 0 Å². The summed E-state index contributed by atoms with van der Waals surface area (Å²) in [4.78, 5) is 18.3. The number of anilines is 2. The summed E-state index contributed by atoms with van der Waals surface area (Å²) >= 11 is 0. The van der Waals surface area contributed by atoms with E-state index in [0.29, 0.717) is 17.3 Å². The number of rotatable bonds is 2. The maximum Gasteiger partial charge on any atom is 0.253 e. The normalized spacial score (nSPS) is 20.2. The number of amides is 1. The molecule has 1 saturated heterocycles. The summed E-state index contributed by atoms with van der Waals surface area (Å²) in [5, 5.41) is 0. The van der Waals surface area contributed by atoms with Crippen LogP contribution in [0.15, 0.2) is 18.2 Å². The Morgan fingerprint density at radius 2 is 2.05 bits per heavy atom. The lowest BCUT2D eigenvalue weighted by molar-refractivity contribution is 0.0827. The molecule has 2 N–H and O–H groups in total. The highest BCUT2D eigenvalue weighted by Crippen LogP contribution is 2.28. The number of hydrogen-bond donors (Lipinski definition) is 1. The molecule has 1 atom stereocenters. The number of nitrogen functional groups attached to an aromatic ring is 1. The Kier molecular flexibility index (Phi) is 4.73. The molecule has 116 valence electrons. The van der Waals surface area contributed by atoms with E-state index in [4.69, 9.17) is 5.73 Å². The van der Waals surface area contributed by atoms with Gasteiger partial charge in [0.05, 0.1) is 11.4 Å². The van der Waals surface area contributed by atoms with Gasteiger partial charge in [-0.05, 0) is 45.1 Å². The fourth-order valence-electron chi connectivity index (χ4n) is 2.94. The molecule has 0 saturated carbocycles. The maximum absolute atomic E-state index is 12.0.